The lowest BCUT2D eigenvalue weighted by Gasteiger charge is -2.36. The number of ether oxygens (including phenoxy) is 1. The zero-order valence-corrected chi connectivity index (χ0v) is 9.29. The molecular formula is C10H15F3N2O. The normalized spacial score (nSPS) is 29.8. The summed E-state index contributed by atoms with van der Waals surface area (Å²) in [7, 11) is 0. The minimum atomic E-state index is -4.44. The van der Waals surface area contributed by atoms with Crippen molar-refractivity contribution in [2.45, 2.75) is 32.2 Å². The summed E-state index contributed by atoms with van der Waals surface area (Å²) in [6, 6.07) is 1.31. The van der Waals surface area contributed by atoms with Crippen molar-refractivity contribution in [2.24, 2.45) is 5.92 Å². The maximum Gasteiger partial charge on any atom is 0.405 e. The molecule has 1 saturated heterocycles. The lowest BCUT2D eigenvalue weighted by atomic mass is 10.1. The molecule has 1 fully saturated rings. The maximum atomic E-state index is 12.4. The minimum absolute atomic E-state index is 0.0867. The highest BCUT2D eigenvalue weighted by molar-refractivity contribution is 4.91. The average Bonchev–Trinajstić information content (AvgIpc) is 2.10. The Hall–Kier alpha value is -0.800. The van der Waals surface area contributed by atoms with Gasteiger partial charge in [0, 0.05) is 19.6 Å². The Labute approximate surface area is 92.8 Å². The van der Waals surface area contributed by atoms with Crippen molar-refractivity contribution < 1.29 is 17.9 Å². The smallest absolute Gasteiger partial charge is 0.373 e. The fraction of sp³-hybridized carbons (Fsp3) is 0.900. The third-order valence-corrected chi connectivity index (χ3v) is 2.49. The lowest BCUT2D eigenvalue weighted by molar-refractivity contribution is -0.169. The molecular weight excluding hydrogens is 221 g/mol. The standard InChI is InChI=1S/C10H15F3N2O/c1-7-4-15(5-8(2)16-7)6-9(3-14)10(11,12)13/h7-9H,4-6H2,1-2H3/t7-,8+,9?. The Balaban J connectivity index is 2.56. The molecule has 0 radical (unpaired) electrons. The molecule has 1 aliphatic rings. The van der Waals surface area contributed by atoms with E-state index in [9.17, 15) is 13.2 Å². The van der Waals surface area contributed by atoms with Crippen LogP contribution in [-0.4, -0.2) is 42.9 Å². The van der Waals surface area contributed by atoms with Gasteiger partial charge in [0.1, 0.15) is 0 Å². The molecule has 0 amide bonds. The van der Waals surface area contributed by atoms with Crippen LogP contribution in [0.1, 0.15) is 13.8 Å². The van der Waals surface area contributed by atoms with Crippen molar-refractivity contribution in [3.8, 4) is 6.07 Å². The highest BCUT2D eigenvalue weighted by Gasteiger charge is 2.41. The molecule has 16 heavy (non-hydrogen) atoms. The van der Waals surface area contributed by atoms with Crippen molar-refractivity contribution in [1.82, 2.24) is 4.90 Å². The maximum absolute atomic E-state index is 12.4. The number of morpholine rings is 1. The first-order valence-electron chi connectivity index (χ1n) is 5.17. The predicted molar refractivity (Wildman–Crippen MR) is 51.6 cm³/mol. The first-order chi connectivity index (χ1) is 7.32. The molecule has 0 aromatic heterocycles. The van der Waals surface area contributed by atoms with Crippen molar-refractivity contribution >= 4 is 0 Å². The molecule has 6 heteroatoms. The van der Waals surface area contributed by atoms with Gasteiger partial charge >= 0.3 is 6.18 Å². The van der Waals surface area contributed by atoms with Gasteiger partial charge in [-0.25, -0.2) is 0 Å². The van der Waals surface area contributed by atoms with Crippen molar-refractivity contribution in [2.75, 3.05) is 19.6 Å². The Kier molecular flexibility index (Phi) is 4.16. The predicted octanol–water partition coefficient (Wildman–Crippen LogP) is 1.80. The Morgan fingerprint density at radius 2 is 1.88 bits per heavy atom. The highest BCUT2D eigenvalue weighted by Crippen LogP contribution is 2.27. The fourth-order valence-corrected chi connectivity index (χ4v) is 1.91. The van der Waals surface area contributed by atoms with Gasteiger partial charge in [-0.2, -0.15) is 18.4 Å². The second kappa shape index (κ2) is 5.02. The highest BCUT2D eigenvalue weighted by atomic mass is 19.4. The van der Waals surface area contributed by atoms with Crippen LogP contribution < -0.4 is 0 Å². The second-order valence-electron chi connectivity index (χ2n) is 4.20. The van der Waals surface area contributed by atoms with Gasteiger partial charge in [-0.05, 0) is 13.8 Å². The van der Waals surface area contributed by atoms with Crippen LogP contribution in [0.25, 0.3) is 0 Å². The molecule has 0 aliphatic carbocycles. The molecule has 0 spiro atoms. The lowest BCUT2D eigenvalue weighted by Crippen LogP contribution is -2.48. The monoisotopic (exact) mass is 236 g/mol. The van der Waals surface area contributed by atoms with E-state index in [1.165, 1.54) is 6.07 Å². The number of rotatable bonds is 2. The Morgan fingerprint density at radius 1 is 1.38 bits per heavy atom. The molecule has 0 bridgehead atoms. The third-order valence-electron chi connectivity index (χ3n) is 2.49. The number of nitriles is 1. The van der Waals surface area contributed by atoms with Crippen molar-refractivity contribution in [3.63, 3.8) is 0 Å². The molecule has 3 atom stereocenters. The van der Waals surface area contributed by atoms with E-state index in [2.05, 4.69) is 0 Å². The van der Waals surface area contributed by atoms with E-state index in [1.807, 2.05) is 13.8 Å². The first kappa shape index (κ1) is 13.3. The SMILES string of the molecule is C[C@@H]1CN(CC(C#N)C(F)(F)F)C[C@H](C)O1. The Morgan fingerprint density at radius 3 is 2.25 bits per heavy atom. The number of alkyl halides is 3. The number of hydrogen-bond acceptors (Lipinski definition) is 3. The van der Waals surface area contributed by atoms with Crippen LogP contribution in [0.3, 0.4) is 0 Å². The fourth-order valence-electron chi connectivity index (χ4n) is 1.91. The van der Waals surface area contributed by atoms with Crippen LogP contribution in [0.2, 0.25) is 0 Å². The minimum Gasteiger partial charge on any atom is -0.373 e. The molecule has 0 aromatic rings. The quantitative estimate of drug-likeness (QED) is 0.733. The van der Waals surface area contributed by atoms with Gasteiger partial charge in [0.15, 0.2) is 5.92 Å². The van der Waals surface area contributed by atoms with Crippen molar-refractivity contribution in [3.05, 3.63) is 0 Å². The summed E-state index contributed by atoms with van der Waals surface area (Å²) < 4.78 is 42.6. The van der Waals surface area contributed by atoms with E-state index in [-0.39, 0.29) is 18.8 Å². The summed E-state index contributed by atoms with van der Waals surface area (Å²) in [5.41, 5.74) is 0. The van der Waals surface area contributed by atoms with Gasteiger partial charge in [-0.3, -0.25) is 4.90 Å². The zero-order valence-electron chi connectivity index (χ0n) is 9.29. The van der Waals surface area contributed by atoms with E-state index in [4.69, 9.17) is 10.00 Å². The molecule has 0 aromatic carbocycles. The van der Waals surface area contributed by atoms with Gasteiger partial charge in [0.05, 0.1) is 18.3 Å². The van der Waals surface area contributed by atoms with Crippen LogP contribution in [0.15, 0.2) is 0 Å². The van der Waals surface area contributed by atoms with Gasteiger partial charge in [-0.15, -0.1) is 0 Å². The number of hydrogen-bond donors (Lipinski definition) is 0. The molecule has 1 rings (SSSR count). The first-order valence-corrected chi connectivity index (χ1v) is 5.17. The van der Waals surface area contributed by atoms with E-state index in [0.717, 1.165) is 0 Å². The van der Waals surface area contributed by atoms with Crippen LogP contribution in [0.5, 0.6) is 0 Å². The summed E-state index contributed by atoms with van der Waals surface area (Å²) >= 11 is 0. The molecule has 1 unspecified atom stereocenters. The van der Waals surface area contributed by atoms with Gasteiger partial charge in [-0.1, -0.05) is 0 Å². The third kappa shape index (κ3) is 3.65. The largest absolute Gasteiger partial charge is 0.405 e. The van der Waals surface area contributed by atoms with Crippen LogP contribution in [0.4, 0.5) is 13.2 Å². The summed E-state index contributed by atoms with van der Waals surface area (Å²) in [4.78, 5) is 1.64. The van der Waals surface area contributed by atoms with E-state index in [1.54, 1.807) is 4.90 Å². The summed E-state index contributed by atoms with van der Waals surface area (Å²) in [6.07, 6.45) is -4.62. The van der Waals surface area contributed by atoms with Crippen LogP contribution >= 0.6 is 0 Å². The average molecular weight is 236 g/mol. The number of nitrogens with zero attached hydrogens (tertiary/aromatic N) is 2. The van der Waals surface area contributed by atoms with Gasteiger partial charge in [0.2, 0.25) is 0 Å². The molecule has 0 saturated carbocycles. The Bertz CT molecular complexity index is 264. The second-order valence-corrected chi connectivity index (χ2v) is 4.20. The summed E-state index contributed by atoms with van der Waals surface area (Å²) in [5, 5.41) is 8.50. The zero-order chi connectivity index (χ0) is 12.3. The molecule has 1 heterocycles. The topological polar surface area (TPSA) is 36.3 Å². The van der Waals surface area contributed by atoms with Gasteiger partial charge in [0.25, 0.3) is 0 Å². The van der Waals surface area contributed by atoms with E-state index < -0.39 is 12.1 Å². The van der Waals surface area contributed by atoms with Crippen molar-refractivity contribution in [1.29, 1.82) is 5.26 Å². The summed E-state index contributed by atoms with van der Waals surface area (Å²) in [6.45, 7) is 4.25. The molecule has 1 aliphatic heterocycles. The molecule has 92 valence electrons. The van der Waals surface area contributed by atoms with Crippen LogP contribution in [-0.2, 0) is 4.74 Å². The van der Waals surface area contributed by atoms with Crippen LogP contribution in [0, 0.1) is 17.2 Å². The van der Waals surface area contributed by atoms with E-state index in [0.29, 0.717) is 13.1 Å². The molecule has 3 nitrogen and oxygen atoms in total. The summed E-state index contributed by atoms with van der Waals surface area (Å²) in [5.74, 6) is -1.91. The number of halogens is 3. The van der Waals surface area contributed by atoms with Gasteiger partial charge < -0.3 is 4.74 Å². The van der Waals surface area contributed by atoms with E-state index >= 15 is 0 Å². The molecule has 0 N–H and O–H groups in total.